The van der Waals surface area contributed by atoms with Crippen LogP contribution in [0.2, 0.25) is 0 Å². The first-order valence-electron chi connectivity index (χ1n) is 8.02. The van der Waals surface area contributed by atoms with Crippen LogP contribution in [0.25, 0.3) is 0 Å². The van der Waals surface area contributed by atoms with E-state index < -0.39 is 0 Å². The second kappa shape index (κ2) is 7.42. The van der Waals surface area contributed by atoms with Crippen molar-refractivity contribution in [1.29, 1.82) is 0 Å². The van der Waals surface area contributed by atoms with Crippen molar-refractivity contribution in [3.8, 4) is 0 Å². The van der Waals surface area contributed by atoms with Gasteiger partial charge in [-0.15, -0.1) is 0 Å². The van der Waals surface area contributed by atoms with Gasteiger partial charge in [0.25, 0.3) is 0 Å². The smallest absolute Gasteiger partial charge is 0.0360 e. The van der Waals surface area contributed by atoms with E-state index in [9.17, 15) is 0 Å². The summed E-state index contributed by atoms with van der Waals surface area (Å²) >= 11 is 0. The molecule has 1 heteroatoms. The van der Waals surface area contributed by atoms with Crippen molar-refractivity contribution in [2.45, 2.75) is 46.6 Å². The van der Waals surface area contributed by atoms with Crippen LogP contribution in [0.1, 0.15) is 47.7 Å². The van der Waals surface area contributed by atoms with Gasteiger partial charge >= 0.3 is 0 Å². The number of nitrogens with one attached hydrogen (secondary N) is 1. The molecule has 21 heavy (non-hydrogen) atoms. The summed E-state index contributed by atoms with van der Waals surface area (Å²) in [6, 6.07) is 16.1. The molecule has 2 aromatic carbocycles. The number of hydrogen-bond donors (Lipinski definition) is 1. The molecule has 0 aliphatic rings. The minimum Gasteiger partial charge on any atom is -0.310 e. The monoisotopic (exact) mass is 281 g/mol. The van der Waals surface area contributed by atoms with Gasteiger partial charge in [0.1, 0.15) is 0 Å². The molecule has 2 rings (SSSR count). The van der Waals surface area contributed by atoms with Crippen LogP contribution < -0.4 is 5.32 Å². The fourth-order valence-corrected chi connectivity index (χ4v) is 2.82. The third-order valence-corrected chi connectivity index (χ3v) is 4.14. The molecule has 0 fully saturated rings. The van der Waals surface area contributed by atoms with Gasteiger partial charge < -0.3 is 5.32 Å². The van der Waals surface area contributed by atoms with Crippen molar-refractivity contribution >= 4 is 0 Å². The molecule has 112 valence electrons. The molecule has 0 aliphatic heterocycles. The Labute approximate surface area is 129 Å². The summed E-state index contributed by atoms with van der Waals surface area (Å²) in [5.74, 6) is 0. The van der Waals surface area contributed by atoms with Gasteiger partial charge in [-0.05, 0) is 55.5 Å². The summed E-state index contributed by atoms with van der Waals surface area (Å²) in [7, 11) is 0. The lowest BCUT2D eigenvalue weighted by molar-refractivity contribution is 0.548. The Balaban J connectivity index is 2.28. The lowest BCUT2D eigenvalue weighted by atomic mass is 9.93. The average molecular weight is 281 g/mol. The molecule has 0 bridgehead atoms. The molecule has 0 aromatic heterocycles. The lowest BCUT2D eigenvalue weighted by Crippen LogP contribution is -2.23. The van der Waals surface area contributed by atoms with Gasteiger partial charge in [0.15, 0.2) is 0 Å². The minimum absolute atomic E-state index is 0.391. The van der Waals surface area contributed by atoms with Crippen molar-refractivity contribution < 1.29 is 0 Å². The first-order chi connectivity index (χ1) is 10.1. The van der Waals surface area contributed by atoms with Crippen LogP contribution in [0.15, 0.2) is 42.5 Å². The normalized spacial score (nSPS) is 12.4. The molecule has 0 saturated heterocycles. The Hall–Kier alpha value is -1.60. The highest BCUT2D eigenvalue weighted by molar-refractivity contribution is 5.33. The molecule has 1 unspecified atom stereocenters. The summed E-state index contributed by atoms with van der Waals surface area (Å²) in [4.78, 5) is 0. The largest absolute Gasteiger partial charge is 0.310 e. The number of rotatable bonds is 6. The van der Waals surface area contributed by atoms with Crippen molar-refractivity contribution in [3.05, 3.63) is 70.3 Å². The van der Waals surface area contributed by atoms with Crippen molar-refractivity contribution in [1.82, 2.24) is 5.32 Å². The Bertz CT molecular complexity index is 586. The lowest BCUT2D eigenvalue weighted by Gasteiger charge is -2.20. The van der Waals surface area contributed by atoms with Gasteiger partial charge in [0.2, 0.25) is 0 Å². The molecule has 2 aromatic rings. The first kappa shape index (κ1) is 15.8. The second-order valence-electron chi connectivity index (χ2n) is 5.84. The summed E-state index contributed by atoms with van der Waals surface area (Å²) in [6.45, 7) is 9.76. The van der Waals surface area contributed by atoms with E-state index in [0.29, 0.717) is 6.04 Å². The third kappa shape index (κ3) is 4.18. The van der Waals surface area contributed by atoms with Gasteiger partial charge in [-0.25, -0.2) is 0 Å². The Kier molecular flexibility index (Phi) is 5.58. The Morgan fingerprint density at radius 1 is 1.00 bits per heavy atom. The fourth-order valence-electron chi connectivity index (χ4n) is 2.82. The summed E-state index contributed by atoms with van der Waals surface area (Å²) in [6.07, 6.45) is 2.14. The molecule has 0 saturated carbocycles. The fraction of sp³-hybridized carbons (Fsp3) is 0.400. The molecule has 1 N–H and O–H groups in total. The Morgan fingerprint density at radius 3 is 2.52 bits per heavy atom. The highest BCUT2D eigenvalue weighted by atomic mass is 14.9. The number of aryl methyl sites for hydroxylation is 3. The molecule has 0 heterocycles. The standard InChI is InChI=1S/C20H27N/c1-5-17-8-7-9-18(13-17)20(21-6-2)14-19-12-15(3)10-11-16(19)4/h7-13,20-21H,5-6,14H2,1-4H3. The third-order valence-electron chi connectivity index (χ3n) is 4.14. The van der Waals surface area contributed by atoms with Gasteiger partial charge in [0.05, 0.1) is 0 Å². The summed E-state index contributed by atoms with van der Waals surface area (Å²) in [5, 5.41) is 3.65. The van der Waals surface area contributed by atoms with Gasteiger partial charge in [0, 0.05) is 6.04 Å². The molecule has 0 amide bonds. The van der Waals surface area contributed by atoms with Gasteiger partial charge in [-0.1, -0.05) is 61.9 Å². The highest BCUT2D eigenvalue weighted by Crippen LogP contribution is 2.22. The summed E-state index contributed by atoms with van der Waals surface area (Å²) in [5.41, 5.74) is 6.99. The topological polar surface area (TPSA) is 12.0 Å². The van der Waals surface area contributed by atoms with E-state index >= 15 is 0 Å². The van der Waals surface area contributed by atoms with E-state index in [1.54, 1.807) is 0 Å². The maximum Gasteiger partial charge on any atom is 0.0360 e. The van der Waals surface area contributed by atoms with Crippen LogP contribution in [0.5, 0.6) is 0 Å². The van der Waals surface area contributed by atoms with Crippen LogP contribution in [0.4, 0.5) is 0 Å². The minimum atomic E-state index is 0.391. The second-order valence-corrected chi connectivity index (χ2v) is 5.84. The quantitative estimate of drug-likeness (QED) is 0.805. The first-order valence-corrected chi connectivity index (χ1v) is 8.02. The van der Waals surface area contributed by atoms with Crippen LogP contribution in [0, 0.1) is 13.8 Å². The summed E-state index contributed by atoms with van der Waals surface area (Å²) < 4.78 is 0. The molecular formula is C20H27N. The molecule has 1 nitrogen and oxygen atoms in total. The van der Waals surface area contributed by atoms with E-state index in [4.69, 9.17) is 0 Å². The maximum absolute atomic E-state index is 3.65. The van der Waals surface area contributed by atoms with E-state index in [2.05, 4.69) is 75.5 Å². The zero-order valence-corrected chi connectivity index (χ0v) is 13.7. The van der Waals surface area contributed by atoms with Crippen LogP contribution in [0.3, 0.4) is 0 Å². The highest BCUT2D eigenvalue weighted by Gasteiger charge is 2.13. The van der Waals surface area contributed by atoms with Gasteiger partial charge in [-0.2, -0.15) is 0 Å². The zero-order valence-electron chi connectivity index (χ0n) is 13.7. The Morgan fingerprint density at radius 2 is 1.81 bits per heavy atom. The number of benzene rings is 2. The molecule has 0 spiro atoms. The van der Waals surface area contributed by atoms with Crippen LogP contribution >= 0.6 is 0 Å². The van der Waals surface area contributed by atoms with E-state index in [0.717, 1.165) is 19.4 Å². The predicted octanol–water partition coefficient (Wildman–Crippen LogP) is 4.76. The SMILES string of the molecule is CCNC(Cc1cc(C)ccc1C)c1cccc(CC)c1. The van der Waals surface area contributed by atoms with Crippen molar-refractivity contribution in [2.24, 2.45) is 0 Å². The van der Waals surface area contributed by atoms with Gasteiger partial charge in [-0.3, -0.25) is 0 Å². The van der Waals surface area contributed by atoms with E-state index in [-0.39, 0.29) is 0 Å². The maximum atomic E-state index is 3.65. The van der Waals surface area contributed by atoms with Crippen LogP contribution in [-0.2, 0) is 12.8 Å². The van der Waals surface area contributed by atoms with E-state index in [1.165, 1.54) is 27.8 Å². The van der Waals surface area contributed by atoms with Crippen molar-refractivity contribution in [3.63, 3.8) is 0 Å². The average Bonchev–Trinajstić information content (AvgIpc) is 2.50. The molecule has 0 radical (unpaired) electrons. The number of likely N-dealkylation sites (N-methyl/N-ethyl adjacent to an activating group) is 1. The molecular weight excluding hydrogens is 254 g/mol. The molecule has 1 atom stereocenters. The molecule has 0 aliphatic carbocycles. The van der Waals surface area contributed by atoms with Crippen LogP contribution in [-0.4, -0.2) is 6.54 Å². The van der Waals surface area contributed by atoms with Crippen molar-refractivity contribution in [2.75, 3.05) is 6.54 Å². The number of hydrogen-bond acceptors (Lipinski definition) is 1. The predicted molar refractivity (Wildman–Crippen MR) is 91.9 cm³/mol. The zero-order chi connectivity index (χ0) is 15.2. The van der Waals surface area contributed by atoms with E-state index in [1.807, 2.05) is 0 Å².